The Hall–Kier alpha value is -4.31. The van der Waals surface area contributed by atoms with Crippen molar-refractivity contribution in [1.82, 2.24) is 0 Å². The summed E-state index contributed by atoms with van der Waals surface area (Å²) in [7, 11) is -9.79. The second-order valence-corrected chi connectivity index (χ2v) is 26.9. The van der Waals surface area contributed by atoms with E-state index in [0.717, 1.165) is 122 Å². The van der Waals surface area contributed by atoms with Gasteiger partial charge in [0.25, 0.3) is 0 Å². The monoisotopic (exact) mass is 1370 g/mol. The minimum Gasteiger partial charge on any atom is -0.463 e. The molecule has 18 heteroatoms. The summed E-state index contributed by atoms with van der Waals surface area (Å²) in [6.45, 7) is 2.36. The van der Waals surface area contributed by atoms with E-state index >= 15 is 0 Å². The number of hydrogen-bond donors (Lipinski definition) is 4. The van der Waals surface area contributed by atoms with Crippen molar-refractivity contribution in [2.24, 2.45) is 0 Å². The molecule has 5 unspecified atom stereocenters. The number of unbranched alkanes of at least 4 members (excludes halogenated alkanes) is 23. The van der Waals surface area contributed by atoms with Gasteiger partial charge in [0, 0.05) is 19.3 Å². The van der Waals surface area contributed by atoms with Crippen molar-refractivity contribution in [3.63, 3.8) is 0 Å². The van der Waals surface area contributed by atoms with Gasteiger partial charge < -0.3 is 34.2 Å². The normalized spacial score (nSPS) is 14.9. The Kier molecular flexibility index (Phi) is 66.4. The van der Waals surface area contributed by atoms with Crippen LogP contribution in [-0.2, 0) is 55.8 Å². The molecule has 95 heavy (non-hydrogen) atoms. The zero-order valence-electron chi connectivity index (χ0n) is 59.0. The zero-order chi connectivity index (χ0) is 69.5. The van der Waals surface area contributed by atoms with Gasteiger partial charge in [-0.15, -0.1) is 0 Å². The van der Waals surface area contributed by atoms with Crippen LogP contribution in [0.25, 0.3) is 0 Å². The maximum Gasteiger partial charge on any atom is 0.472 e. The largest absolute Gasteiger partial charge is 0.472 e. The number of phosphoric ester groups is 2. The summed E-state index contributed by atoms with van der Waals surface area (Å²) in [4.78, 5) is 58.3. The van der Waals surface area contributed by atoms with Crippen molar-refractivity contribution in [3.8, 4) is 0 Å². The zero-order valence-corrected chi connectivity index (χ0v) is 60.8. The third-order valence-electron chi connectivity index (χ3n) is 14.9. The van der Waals surface area contributed by atoms with Gasteiger partial charge >= 0.3 is 33.6 Å². The van der Waals surface area contributed by atoms with Crippen LogP contribution in [0.15, 0.2) is 134 Å². The average molecular weight is 1370 g/mol. The van der Waals surface area contributed by atoms with Crippen molar-refractivity contribution in [2.75, 3.05) is 39.6 Å². The summed E-state index contributed by atoms with van der Waals surface area (Å²) in [6.07, 6.45) is 82.5. The number of rotatable bonds is 68. The smallest absolute Gasteiger partial charge is 0.463 e. The third kappa shape index (κ3) is 70.8. The quantitative estimate of drug-likeness (QED) is 0.0146. The van der Waals surface area contributed by atoms with Crippen LogP contribution in [0.2, 0.25) is 0 Å². The Bertz CT molecular complexity index is 2260. The van der Waals surface area contributed by atoms with E-state index < -0.39 is 91.5 Å². The molecule has 0 aliphatic rings. The van der Waals surface area contributed by atoms with Crippen LogP contribution in [0.5, 0.6) is 0 Å². The van der Waals surface area contributed by atoms with E-state index in [1.807, 2.05) is 12.2 Å². The molecule has 0 amide bonds. The number of aliphatic hydroxyl groups is 2. The van der Waals surface area contributed by atoms with Crippen molar-refractivity contribution in [3.05, 3.63) is 134 Å². The highest BCUT2D eigenvalue weighted by molar-refractivity contribution is 7.47. The van der Waals surface area contributed by atoms with Gasteiger partial charge in [-0.1, -0.05) is 283 Å². The predicted molar refractivity (Wildman–Crippen MR) is 390 cm³/mol. The van der Waals surface area contributed by atoms with Crippen molar-refractivity contribution in [2.45, 2.75) is 296 Å². The fraction of sp³-hybridized carbons (Fsp3) is 0.675. The van der Waals surface area contributed by atoms with Crippen LogP contribution in [-0.4, -0.2) is 95.9 Å². The molecule has 4 N–H and O–H groups in total. The van der Waals surface area contributed by atoms with Crippen LogP contribution in [0.4, 0.5) is 0 Å². The maximum atomic E-state index is 12.9. The number of phosphoric acid groups is 2. The maximum absolute atomic E-state index is 12.9. The summed E-state index contributed by atoms with van der Waals surface area (Å²) < 4.78 is 60.8. The van der Waals surface area contributed by atoms with Gasteiger partial charge in [-0.3, -0.25) is 32.5 Å². The van der Waals surface area contributed by atoms with E-state index in [4.69, 9.17) is 32.3 Å². The first-order chi connectivity index (χ1) is 46.2. The second kappa shape index (κ2) is 69.6. The molecule has 0 bridgehead atoms. The molecule has 16 nitrogen and oxygen atoms in total. The molecule has 0 radical (unpaired) electrons. The van der Waals surface area contributed by atoms with Crippen molar-refractivity contribution in [1.29, 1.82) is 0 Å². The molecule has 0 rings (SSSR count). The van der Waals surface area contributed by atoms with Gasteiger partial charge in [-0.2, -0.15) is 0 Å². The minimum atomic E-state index is -4.93. The van der Waals surface area contributed by atoms with Crippen molar-refractivity contribution < 1.29 is 75.8 Å². The van der Waals surface area contributed by atoms with E-state index in [9.17, 15) is 43.5 Å². The first-order valence-electron chi connectivity index (χ1n) is 36.5. The topological polar surface area (TPSA) is 231 Å². The lowest BCUT2D eigenvalue weighted by atomic mass is 10.0. The summed E-state index contributed by atoms with van der Waals surface area (Å²) >= 11 is 0. The molecule has 0 aliphatic carbocycles. The molecule has 0 aromatic rings. The van der Waals surface area contributed by atoms with Crippen LogP contribution in [0.1, 0.15) is 278 Å². The van der Waals surface area contributed by atoms with E-state index in [1.165, 1.54) is 89.9 Å². The van der Waals surface area contributed by atoms with Gasteiger partial charge in [0.05, 0.1) is 26.4 Å². The lowest BCUT2D eigenvalue weighted by molar-refractivity contribution is -0.161. The van der Waals surface area contributed by atoms with Crippen molar-refractivity contribution >= 4 is 33.6 Å². The molecule has 0 saturated heterocycles. The Morgan fingerprint density at radius 3 is 0.926 bits per heavy atom. The lowest BCUT2D eigenvalue weighted by Crippen LogP contribution is -2.30. The standard InChI is InChI=1S/C77H130O16P2/c1-4-7-10-13-16-19-22-24-26-28-29-30-31-32-33-34-35-36-37-38-39-40-41-43-45-46-49-51-54-57-60-63-75(80)87-66-72(78)67-89-94(83,84)90-68-73(79)69-91-95(85,86)92-71-74(93-77(82)65-62-59-56-53-48-21-18-15-12-9-6-3)70-88-76(81)64-61-58-55-52-50-47-44-42-27-25-23-20-17-14-11-8-5-2/h7-8,10-11,16-17,19-20,24-27,29-30,32-33,35-36,44,47,52,55,72-74,78-79H,4-6,9,12-15,18,21-23,28,31,34,37-43,45-46,48-51,53-54,56-71H2,1-3H3,(H,83,84)(H,85,86)/b10-7-,11-8-,19-16-,20-17-,26-24-,27-25-,30-29-,33-32-,36-35-,47-44-,55-52-. The molecule has 5 atom stereocenters. The minimum absolute atomic E-state index is 0.0916. The third-order valence-corrected chi connectivity index (χ3v) is 16.8. The molecule has 0 aromatic heterocycles. The molecular weight excluding hydrogens is 1240 g/mol. The number of allylic oxidation sites excluding steroid dienone is 22. The number of carbonyl (C=O) groups excluding carboxylic acids is 3. The molecule has 0 aromatic carbocycles. The Morgan fingerprint density at radius 1 is 0.305 bits per heavy atom. The average Bonchev–Trinajstić information content (AvgIpc) is 1.94. The van der Waals surface area contributed by atoms with Gasteiger partial charge in [-0.05, 0) is 109 Å². The Morgan fingerprint density at radius 2 is 0.568 bits per heavy atom. The fourth-order valence-corrected chi connectivity index (χ4v) is 11.0. The van der Waals surface area contributed by atoms with Crippen LogP contribution in [0.3, 0.4) is 0 Å². The fourth-order valence-electron chi connectivity index (χ4n) is 9.37. The first-order valence-corrected chi connectivity index (χ1v) is 39.5. The van der Waals surface area contributed by atoms with Gasteiger partial charge in [-0.25, -0.2) is 9.13 Å². The predicted octanol–water partition coefficient (Wildman–Crippen LogP) is 20.8. The molecule has 544 valence electrons. The van der Waals surface area contributed by atoms with E-state index in [-0.39, 0.29) is 19.3 Å². The molecule has 0 heterocycles. The number of carbonyl (C=O) groups is 3. The van der Waals surface area contributed by atoms with E-state index in [1.54, 1.807) is 0 Å². The summed E-state index contributed by atoms with van der Waals surface area (Å²) in [5.74, 6) is -1.65. The Labute approximate surface area is 575 Å². The van der Waals surface area contributed by atoms with Gasteiger partial charge in [0.15, 0.2) is 6.10 Å². The highest BCUT2D eigenvalue weighted by Gasteiger charge is 2.29. The van der Waals surface area contributed by atoms with Gasteiger partial charge in [0.1, 0.15) is 25.4 Å². The summed E-state index contributed by atoms with van der Waals surface area (Å²) in [5, 5.41) is 20.6. The summed E-state index contributed by atoms with van der Waals surface area (Å²) in [6, 6.07) is 0. The number of hydrogen-bond acceptors (Lipinski definition) is 14. The number of esters is 3. The second-order valence-electron chi connectivity index (χ2n) is 24.0. The molecular formula is C77H130O16P2. The van der Waals surface area contributed by atoms with E-state index in [0.29, 0.717) is 25.7 Å². The van der Waals surface area contributed by atoms with Crippen LogP contribution in [0, 0.1) is 0 Å². The van der Waals surface area contributed by atoms with Crippen LogP contribution >= 0.6 is 15.6 Å². The Balaban J connectivity index is 4.44. The van der Waals surface area contributed by atoms with Gasteiger partial charge in [0.2, 0.25) is 0 Å². The lowest BCUT2D eigenvalue weighted by Gasteiger charge is -2.21. The van der Waals surface area contributed by atoms with E-state index in [2.05, 4.69) is 142 Å². The molecule has 0 fully saturated rings. The van der Waals surface area contributed by atoms with Crippen LogP contribution < -0.4 is 0 Å². The number of ether oxygens (including phenoxy) is 3. The molecule has 0 spiro atoms. The molecule has 0 saturated carbocycles. The highest BCUT2D eigenvalue weighted by atomic mass is 31.2. The highest BCUT2D eigenvalue weighted by Crippen LogP contribution is 2.45. The summed E-state index contributed by atoms with van der Waals surface area (Å²) in [5.41, 5.74) is 0. The number of aliphatic hydroxyl groups excluding tert-OH is 2. The molecule has 0 aliphatic heterocycles. The SMILES string of the molecule is CC/C=C\C/C=C\C/C=C\C/C=C\C/C=C\C/C=C\CCCCCCCCCCCCCCC(=O)OCC(O)COP(=O)(O)OCC(O)COP(=O)(O)OCC(COC(=O)CCC/C=C\C/C=C\C/C=C\C/C=C\C/C=C\CC)OC(=O)CCCCCCCCCCCCC. The first kappa shape index (κ1) is 90.7.